The van der Waals surface area contributed by atoms with Gasteiger partial charge in [0.05, 0.1) is 9.80 Å². The summed E-state index contributed by atoms with van der Waals surface area (Å²) < 4.78 is 24.0. The number of aliphatic carboxylic acids is 1. The molecule has 1 heterocycles. The van der Waals surface area contributed by atoms with Crippen LogP contribution in [0.3, 0.4) is 0 Å². The third-order valence-corrected chi connectivity index (χ3v) is 4.62. The van der Waals surface area contributed by atoms with Crippen LogP contribution in [0.4, 0.5) is 0 Å². The normalized spacial score (nSPS) is 18.4. The van der Waals surface area contributed by atoms with E-state index in [2.05, 4.69) is 0 Å². The number of benzene rings is 1. The highest BCUT2D eigenvalue weighted by Crippen LogP contribution is 2.35. The monoisotopic (exact) mass is 273 g/mol. The molecular weight excluding hydrogens is 266 g/mol. The number of carbonyl (C=O) groups is 1. The molecule has 1 aliphatic heterocycles. The van der Waals surface area contributed by atoms with Gasteiger partial charge in [-0.25, -0.2) is 8.42 Å². The third kappa shape index (κ3) is 1.84. The molecule has 0 spiro atoms. The van der Waals surface area contributed by atoms with Crippen molar-refractivity contribution in [2.75, 3.05) is 0 Å². The van der Waals surface area contributed by atoms with Crippen LogP contribution in [0.15, 0.2) is 28.0 Å². The Kier molecular flexibility index (Phi) is 2.73. The summed E-state index contributed by atoms with van der Waals surface area (Å²) in [6, 6.07) is 2.66. The fourth-order valence-corrected chi connectivity index (χ4v) is 3.44. The molecule has 0 bridgehead atoms. The molecule has 1 aromatic rings. The number of rotatable bonds is 2. The van der Waals surface area contributed by atoms with Gasteiger partial charge in [0, 0.05) is 5.02 Å². The number of hydrogen-bond acceptors (Lipinski definition) is 4. The summed E-state index contributed by atoms with van der Waals surface area (Å²) in [6.07, 6.45) is 1.25. The van der Waals surface area contributed by atoms with E-state index in [1.807, 2.05) is 0 Å². The summed E-state index contributed by atoms with van der Waals surface area (Å²) in [6.45, 7) is 0. The fourth-order valence-electron chi connectivity index (χ4n) is 1.61. The minimum atomic E-state index is -3.81. The van der Waals surface area contributed by atoms with Crippen LogP contribution in [0.1, 0.15) is 5.56 Å². The summed E-state index contributed by atoms with van der Waals surface area (Å²) >= 11 is 5.73. The molecule has 5 nitrogen and oxygen atoms in total. The summed E-state index contributed by atoms with van der Waals surface area (Å²) in [4.78, 5) is 10.5. The van der Waals surface area contributed by atoms with Crippen molar-refractivity contribution in [1.29, 1.82) is 0 Å². The number of halogens is 1. The Morgan fingerprint density at radius 3 is 2.65 bits per heavy atom. The van der Waals surface area contributed by atoms with Crippen LogP contribution in [0.5, 0.6) is 0 Å². The molecule has 17 heavy (non-hydrogen) atoms. The van der Waals surface area contributed by atoms with E-state index < -0.39 is 21.8 Å². The number of hydrogen-bond donors (Lipinski definition) is 2. The number of carboxylic acids is 1. The predicted octanol–water partition coefficient (Wildman–Crippen LogP) is 0.880. The Hall–Kier alpha value is -1.37. The maximum Gasteiger partial charge on any atom is 0.325 e. The maximum absolute atomic E-state index is 12.0. The van der Waals surface area contributed by atoms with Gasteiger partial charge in [-0.3, -0.25) is 4.79 Å². The van der Waals surface area contributed by atoms with Crippen LogP contribution < -0.4 is 5.73 Å². The van der Waals surface area contributed by atoms with Gasteiger partial charge in [-0.05, 0) is 29.8 Å². The lowest BCUT2D eigenvalue weighted by molar-refractivity contribution is -0.137. The summed E-state index contributed by atoms with van der Waals surface area (Å²) in [7, 11) is -3.81. The van der Waals surface area contributed by atoms with Crippen LogP contribution >= 0.6 is 11.6 Å². The third-order valence-electron chi connectivity index (χ3n) is 2.44. The first kappa shape index (κ1) is 12.1. The van der Waals surface area contributed by atoms with Gasteiger partial charge < -0.3 is 10.8 Å². The maximum atomic E-state index is 12.0. The second-order valence-electron chi connectivity index (χ2n) is 3.55. The van der Waals surface area contributed by atoms with Gasteiger partial charge in [-0.1, -0.05) is 11.6 Å². The lowest BCUT2D eigenvalue weighted by atomic mass is 10.2. The van der Waals surface area contributed by atoms with Gasteiger partial charge in [0.1, 0.15) is 6.04 Å². The number of nitrogens with two attached hydrogens (primary N) is 1. The minimum Gasteiger partial charge on any atom is -0.480 e. The van der Waals surface area contributed by atoms with E-state index in [1.165, 1.54) is 24.3 Å². The van der Waals surface area contributed by atoms with Crippen molar-refractivity contribution in [2.45, 2.75) is 10.9 Å². The summed E-state index contributed by atoms with van der Waals surface area (Å²) in [5, 5.41) is 9.13. The molecule has 3 N–H and O–H groups in total. The first-order chi connectivity index (χ1) is 7.84. The SMILES string of the molecule is NC(C(=O)O)C1=Cc2cc(Cl)ccc2S1(=O)=O. The second-order valence-corrected chi connectivity index (χ2v) is 5.90. The molecule has 0 aromatic heterocycles. The van der Waals surface area contributed by atoms with Crippen molar-refractivity contribution < 1.29 is 18.3 Å². The van der Waals surface area contributed by atoms with E-state index in [-0.39, 0.29) is 9.80 Å². The summed E-state index contributed by atoms with van der Waals surface area (Å²) in [5.74, 6) is -1.39. The molecule has 1 aliphatic rings. The Labute approximate surface area is 102 Å². The van der Waals surface area contributed by atoms with Crippen molar-refractivity contribution in [3.63, 3.8) is 0 Å². The van der Waals surface area contributed by atoms with Gasteiger partial charge in [0.25, 0.3) is 0 Å². The molecule has 90 valence electrons. The smallest absolute Gasteiger partial charge is 0.325 e. The van der Waals surface area contributed by atoms with Gasteiger partial charge in [0.2, 0.25) is 9.84 Å². The van der Waals surface area contributed by atoms with E-state index in [4.69, 9.17) is 22.4 Å². The Balaban J connectivity index is 2.62. The number of sulfone groups is 1. The lowest BCUT2D eigenvalue weighted by Crippen LogP contribution is -2.34. The average Bonchev–Trinajstić information content (AvgIpc) is 2.48. The van der Waals surface area contributed by atoms with Gasteiger partial charge >= 0.3 is 5.97 Å². The van der Waals surface area contributed by atoms with Gasteiger partial charge in [-0.15, -0.1) is 0 Å². The molecular formula is C10H8ClNO4S. The molecule has 2 rings (SSSR count). The largest absolute Gasteiger partial charge is 0.480 e. The predicted molar refractivity (Wildman–Crippen MR) is 62.2 cm³/mol. The zero-order valence-corrected chi connectivity index (χ0v) is 9.99. The van der Waals surface area contributed by atoms with Crippen LogP contribution in [-0.4, -0.2) is 25.5 Å². The van der Waals surface area contributed by atoms with Crippen LogP contribution in [0.2, 0.25) is 5.02 Å². The van der Waals surface area contributed by atoms with Crippen molar-refractivity contribution >= 4 is 33.5 Å². The molecule has 1 aromatic carbocycles. The molecule has 1 unspecified atom stereocenters. The van der Waals surface area contributed by atoms with Crippen molar-refractivity contribution in [1.82, 2.24) is 0 Å². The molecule has 0 saturated heterocycles. The summed E-state index contributed by atoms with van der Waals surface area (Å²) in [5.41, 5.74) is 5.70. The minimum absolute atomic E-state index is 0.0357. The van der Waals surface area contributed by atoms with E-state index >= 15 is 0 Å². The van der Waals surface area contributed by atoms with E-state index in [9.17, 15) is 13.2 Å². The van der Waals surface area contributed by atoms with Crippen LogP contribution in [0, 0.1) is 0 Å². The molecule has 0 radical (unpaired) electrons. The van der Waals surface area contributed by atoms with Crippen LogP contribution in [0.25, 0.3) is 6.08 Å². The van der Waals surface area contributed by atoms with Gasteiger partial charge in [0.15, 0.2) is 0 Å². The van der Waals surface area contributed by atoms with Gasteiger partial charge in [-0.2, -0.15) is 0 Å². The molecule has 0 fully saturated rings. The first-order valence-electron chi connectivity index (χ1n) is 4.58. The van der Waals surface area contributed by atoms with Crippen molar-refractivity contribution in [3.8, 4) is 0 Å². The Bertz CT molecular complexity index is 636. The Morgan fingerprint density at radius 2 is 2.06 bits per heavy atom. The lowest BCUT2D eigenvalue weighted by Gasteiger charge is -2.07. The molecule has 7 heteroatoms. The first-order valence-corrected chi connectivity index (χ1v) is 6.45. The molecule has 0 aliphatic carbocycles. The highest BCUT2D eigenvalue weighted by atomic mass is 35.5. The topological polar surface area (TPSA) is 97.5 Å². The van der Waals surface area contributed by atoms with Crippen molar-refractivity contribution in [3.05, 3.63) is 33.7 Å². The van der Waals surface area contributed by atoms with E-state index in [0.29, 0.717) is 10.6 Å². The molecule has 1 atom stereocenters. The Morgan fingerprint density at radius 1 is 1.41 bits per heavy atom. The zero-order chi connectivity index (χ0) is 12.8. The highest BCUT2D eigenvalue weighted by molar-refractivity contribution is 7.96. The standard InChI is InChI=1S/C10H8ClNO4S/c11-6-1-2-7-5(3-6)4-8(17(7,15)16)9(12)10(13)14/h1-4,9H,12H2,(H,13,14). The van der Waals surface area contributed by atoms with Crippen molar-refractivity contribution in [2.24, 2.45) is 5.73 Å². The van der Waals surface area contributed by atoms with E-state index in [1.54, 1.807) is 0 Å². The highest BCUT2D eigenvalue weighted by Gasteiger charge is 2.36. The second kappa shape index (κ2) is 3.83. The van der Waals surface area contributed by atoms with Crippen LogP contribution in [-0.2, 0) is 14.6 Å². The molecule has 0 saturated carbocycles. The number of carboxylic acid groups (broad SMARTS) is 1. The zero-order valence-electron chi connectivity index (χ0n) is 8.42. The van der Waals surface area contributed by atoms with E-state index in [0.717, 1.165) is 0 Å². The number of fused-ring (bicyclic) bond motifs is 1. The molecule has 0 amide bonds. The average molecular weight is 274 g/mol. The quantitative estimate of drug-likeness (QED) is 0.834. The fraction of sp³-hybridized carbons (Fsp3) is 0.100.